The molecule has 8 nitrogen and oxygen atoms in total. The molecule has 0 saturated heterocycles. The summed E-state index contributed by atoms with van der Waals surface area (Å²) in [6.07, 6.45) is 0.0126. The van der Waals surface area contributed by atoms with Crippen molar-refractivity contribution in [3.05, 3.63) is 88.9 Å². The van der Waals surface area contributed by atoms with Gasteiger partial charge in [0.2, 0.25) is 0 Å². The Balaban J connectivity index is 1.58. The van der Waals surface area contributed by atoms with Crippen LogP contribution in [0.3, 0.4) is 0 Å². The Morgan fingerprint density at radius 3 is 1.76 bits per heavy atom. The molecule has 3 N–H and O–H groups in total. The van der Waals surface area contributed by atoms with Gasteiger partial charge in [0.15, 0.2) is 0 Å². The van der Waals surface area contributed by atoms with Gasteiger partial charge in [-0.1, -0.05) is 11.6 Å². The number of rotatable bonds is 7. The number of nitrogens with one attached hydrogen (secondary N) is 3. The van der Waals surface area contributed by atoms with E-state index in [-0.39, 0.29) is 16.6 Å². The molecule has 0 aliphatic carbocycles. The Morgan fingerprint density at radius 2 is 1.27 bits per heavy atom. The van der Waals surface area contributed by atoms with E-state index in [0.29, 0.717) is 22.0 Å². The number of hydrazine groups is 1. The van der Waals surface area contributed by atoms with E-state index >= 15 is 0 Å². The number of benzene rings is 3. The Morgan fingerprint density at radius 1 is 0.788 bits per heavy atom. The molecule has 0 fully saturated rings. The average Bonchev–Trinajstić information content (AvgIpc) is 2.79. The van der Waals surface area contributed by atoms with Gasteiger partial charge in [0.1, 0.15) is 5.75 Å². The third kappa shape index (κ3) is 6.71. The zero-order chi connectivity index (χ0) is 24.0. The van der Waals surface area contributed by atoms with Gasteiger partial charge in [-0.2, -0.15) is 0 Å². The van der Waals surface area contributed by atoms with Crippen LogP contribution in [0.4, 0.5) is 5.69 Å². The zero-order valence-electron chi connectivity index (χ0n) is 17.8. The number of amides is 2. The van der Waals surface area contributed by atoms with E-state index < -0.39 is 21.8 Å². The lowest BCUT2D eigenvalue weighted by atomic mass is 10.2. The van der Waals surface area contributed by atoms with Crippen LogP contribution < -0.4 is 20.3 Å². The molecule has 0 unspecified atom stereocenters. The summed E-state index contributed by atoms with van der Waals surface area (Å²) in [6.45, 7) is 3.79. The van der Waals surface area contributed by atoms with Crippen LogP contribution in [0.1, 0.15) is 34.6 Å². The van der Waals surface area contributed by atoms with Crippen LogP contribution in [-0.2, 0) is 10.0 Å². The third-order valence-electron chi connectivity index (χ3n) is 4.30. The van der Waals surface area contributed by atoms with E-state index in [2.05, 4.69) is 15.6 Å². The first-order valence-corrected chi connectivity index (χ1v) is 11.8. The van der Waals surface area contributed by atoms with Crippen molar-refractivity contribution in [2.45, 2.75) is 24.8 Å². The second-order valence-corrected chi connectivity index (χ2v) is 9.35. The topological polar surface area (TPSA) is 114 Å². The first kappa shape index (κ1) is 24.1. The molecule has 3 aromatic rings. The largest absolute Gasteiger partial charge is 0.491 e. The molecule has 0 heterocycles. The van der Waals surface area contributed by atoms with Crippen molar-refractivity contribution in [1.29, 1.82) is 0 Å². The number of sulfonamides is 1. The molecule has 0 aromatic heterocycles. The second kappa shape index (κ2) is 10.4. The molecule has 0 aliphatic rings. The van der Waals surface area contributed by atoms with E-state index in [4.69, 9.17) is 16.3 Å². The maximum Gasteiger partial charge on any atom is 0.269 e. The lowest BCUT2D eigenvalue weighted by Gasteiger charge is -2.11. The Hall–Kier alpha value is -3.56. The molecule has 0 radical (unpaired) electrons. The van der Waals surface area contributed by atoms with Gasteiger partial charge in [-0.15, -0.1) is 0 Å². The highest BCUT2D eigenvalue weighted by molar-refractivity contribution is 7.92. The first-order valence-electron chi connectivity index (χ1n) is 9.90. The van der Waals surface area contributed by atoms with Gasteiger partial charge >= 0.3 is 0 Å². The molecular formula is C23H22ClN3O5S. The summed E-state index contributed by atoms with van der Waals surface area (Å²) in [5.74, 6) is -0.477. The van der Waals surface area contributed by atoms with Crippen LogP contribution in [0.2, 0.25) is 5.02 Å². The number of ether oxygens (including phenoxy) is 1. The number of carbonyl (C=O) groups excluding carboxylic acids is 2. The second-order valence-electron chi connectivity index (χ2n) is 7.24. The van der Waals surface area contributed by atoms with Gasteiger partial charge in [0.25, 0.3) is 21.8 Å². The van der Waals surface area contributed by atoms with Crippen molar-refractivity contribution in [1.82, 2.24) is 10.9 Å². The molecule has 0 saturated carbocycles. The molecule has 3 rings (SSSR count). The maximum atomic E-state index is 12.5. The van der Waals surface area contributed by atoms with Crippen molar-refractivity contribution < 1.29 is 22.7 Å². The smallest absolute Gasteiger partial charge is 0.269 e. The van der Waals surface area contributed by atoms with E-state index in [0.717, 1.165) is 0 Å². The summed E-state index contributed by atoms with van der Waals surface area (Å²) in [6, 6.07) is 18.0. The molecule has 0 atom stereocenters. The number of carbonyl (C=O) groups is 2. The normalized spacial score (nSPS) is 11.0. The lowest BCUT2D eigenvalue weighted by Crippen LogP contribution is -2.41. The Bertz CT molecular complexity index is 1230. The minimum Gasteiger partial charge on any atom is -0.491 e. The summed E-state index contributed by atoms with van der Waals surface area (Å²) in [7, 11) is -3.85. The first-order chi connectivity index (χ1) is 15.6. The highest BCUT2D eigenvalue weighted by Crippen LogP contribution is 2.19. The van der Waals surface area contributed by atoms with Crippen molar-refractivity contribution in [2.75, 3.05) is 4.72 Å². The van der Waals surface area contributed by atoms with Crippen LogP contribution in [0, 0.1) is 0 Å². The quantitative estimate of drug-likeness (QED) is 0.436. The van der Waals surface area contributed by atoms with Gasteiger partial charge in [-0.05, 0) is 86.6 Å². The zero-order valence-corrected chi connectivity index (χ0v) is 19.4. The van der Waals surface area contributed by atoms with Gasteiger partial charge in [0, 0.05) is 21.8 Å². The van der Waals surface area contributed by atoms with Crippen LogP contribution in [0.25, 0.3) is 0 Å². The summed E-state index contributed by atoms with van der Waals surface area (Å²) < 4.78 is 33.0. The number of hydrogen-bond acceptors (Lipinski definition) is 5. The summed E-state index contributed by atoms with van der Waals surface area (Å²) in [5, 5.41) is 0.484. The third-order valence-corrected chi connectivity index (χ3v) is 5.95. The standard InChI is InChI=1S/C23H22ClN3O5S/c1-15(2)32-20-11-3-16(4-12-20)22(28)25-26-23(29)17-5-13-21(14-6-17)33(30,31)27-19-9-7-18(24)8-10-19/h3-15,27H,1-2H3,(H,25,28)(H,26,29). The fourth-order valence-electron chi connectivity index (χ4n) is 2.73. The monoisotopic (exact) mass is 487 g/mol. The van der Waals surface area contributed by atoms with Gasteiger partial charge in [-0.3, -0.25) is 25.2 Å². The van der Waals surface area contributed by atoms with Crippen molar-refractivity contribution >= 4 is 39.1 Å². The van der Waals surface area contributed by atoms with E-state index in [1.807, 2.05) is 13.8 Å². The fourth-order valence-corrected chi connectivity index (χ4v) is 3.92. The highest BCUT2D eigenvalue weighted by atomic mass is 35.5. The Kier molecular flexibility index (Phi) is 7.57. The van der Waals surface area contributed by atoms with Crippen LogP contribution in [0.5, 0.6) is 5.75 Å². The molecule has 172 valence electrons. The Labute approximate surface area is 196 Å². The van der Waals surface area contributed by atoms with Crippen LogP contribution >= 0.6 is 11.6 Å². The molecule has 10 heteroatoms. The van der Waals surface area contributed by atoms with Crippen molar-refractivity contribution in [2.24, 2.45) is 0 Å². The highest BCUT2D eigenvalue weighted by Gasteiger charge is 2.16. The van der Waals surface area contributed by atoms with Gasteiger partial charge in [-0.25, -0.2) is 8.42 Å². The maximum absolute atomic E-state index is 12.5. The molecule has 3 aromatic carbocycles. The van der Waals surface area contributed by atoms with E-state index in [1.165, 1.54) is 36.4 Å². The SMILES string of the molecule is CC(C)Oc1ccc(C(=O)NNC(=O)c2ccc(S(=O)(=O)Nc3ccc(Cl)cc3)cc2)cc1. The van der Waals surface area contributed by atoms with Crippen molar-refractivity contribution in [3.8, 4) is 5.75 Å². The fraction of sp³-hybridized carbons (Fsp3) is 0.130. The molecular weight excluding hydrogens is 466 g/mol. The lowest BCUT2D eigenvalue weighted by molar-refractivity contribution is 0.0846. The average molecular weight is 488 g/mol. The summed E-state index contributed by atoms with van der Waals surface area (Å²) in [5.41, 5.74) is 5.48. The summed E-state index contributed by atoms with van der Waals surface area (Å²) >= 11 is 5.80. The predicted octanol–water partition coefficient (Wildman–Crippen LogP) is 4.00. The number of halogens is 1. The molecule has 0 aliphatic heterocycles. The number of hydrogen-bond donors (Lipinski definition) is 3. The number of anilines is 1. The van der Waals surface area contributed by atoms with Gasteiger partial charge in [0.05, 0.1) is 11.0 Å². The van der Waals surface area contributed by atoms with Crippen molar-refractivity contribution in [3.63, 3.8) is 0 Å². The van der Waals surface area contributed by atoms with E-state index in [9.17, 15) is 18.0 Å². The van der Waals surface area contributed by atoms with Gasteiger partial charge < -0.3 is 4.74 Å². The van der Waals surface area contributed by atoms with E-state index in [1.54, 1.807) is 36.4 Å². The van der Waals surface area contributed by atoms with Crippen LogP contribution in [0.15, 0.2) is 77.7 Å². The molecule has 2 amide bonds. The van der Waals surface area contributed by atoms with Crippen LogP contribution in [-0.4, -0.2) is 26.3 Å². The predicted molar refractivity (Wildman–Crippen MR) is 126 cm³/mol. The molecule has 0 spiro atoms. The summed E-state index contributed by atoms with van der Waals surface area (Å²) in [4.78, 5) is 24.5. The molecule has 33 heavy (non-hydrogen) atoms. The molecule has 0 bridgehead atoms. The minimum absolute atomic E-state index is 0.0126. The minimum atomic E-state index is -3.85.